The van der Waals surface area contributed by atoms with Crippen molar-refractivity contribution in [1.82, 2.24) is 0 Å². The zero-order valence-corrected chi connectivity index (χ0v) is 12.9. The summed E-state index contributed by atoms with van der Waals surface area (Å²) in [5, 5.41) is 0.281. The molecule has 1 unspecified atom stereocenters. The van der Waals surface area contributed by atoms with Crippen LogP contribution in [-0.4, -0.2) is 34.9 Å². The van der Waals surface area contributed by atoms with E-state index in [1.165, 1.54) is 0 Å². The zero-order valence-electron chi connectivity index (χ0n) is 11.9. The molecule has 0 aliphatic rings. The second-order valence-electron chi connectivity index (χ2n) is 5.78. The molecular formula is C12H28O3Si. The van der Waals surface area contributed by atoms with Crippen molar-refractivity contribution in [2.45, 2.75) is 58.4 Å². The summed E-state index contributed by atoms with van der Waals surface area (Å²) in [4.78, 5) is 0. The SMILES string of the molecule is COCOC(C)CCO[Si](C)(C)C(C)(C)C. The van der Waals surface area contributed by atoms with E-state index in [2.05, 4.69) is 33.9 Å². The Kier molecular flexibility index (Phi) is 6.78. The molecule has 0 fully saturated rings. The molecule has 4 heteroatoms. The fraction of sp³-hybridized carbons (Fsp3) is 1.00. The van der Waals surface area contributed by atoms with Crippen LogP contribution in [-0.2, 0) is 13.9 Å². The molecule has 0 saturated carbocycles. The van der Waals surface area contributed by atoms with E-state index in [0.717, 1.165) is 13.0 Å². The van der Waals surface area contributed by atoms with Crippen LogP contribution in [0, 0.1) is 0 Å². The molecule has 0 heterocycles. The highest BCUT2D eigenvalue weighted by Crippen LogP contribution is 2.36. The van der Waals surface area contributed by atoms with Gasteiger partial charge >= 0.3 is 0 Å². The van der Waals surface area contributed by atoms with Crippen molar-refractivity contribution >= 4 is 8.32 Å². The summed E-state index contributed by atoms with van der Waals surface area (Å²) in [5.41, 5.74) is 0. The highest BCUT2D eigenvalue weighted by molar-refractivity contribution is 6.74. The van der Waals surface area contributed by atoms with Crippen molar-refractivity contribution in [1.29, 1.82) is 0 Å². The molecule has 0 amide bonds. The summed E-state index contributed by atoms with van der Waals surface area (Å²) < 4.78 is 16.3. The molecule has 0 aromatic rings. The monoisotopic (exact) mass is 248 g/mol. The van der Waals surface area contributed by atoms with E-state index in [4.69, 9.17) is 13.9 Å². The van der Waals surface area contributed by atoms with Crippen molar-refractivity contribution < 1.29 is 13.9 Å². The average molecular weight is 248 g/mol. The minimum Gasteiger partial charge on any atom is -0.417 e. The van der Waals surface area contributed by atoms with E-state index in [1.807, 2.05) is 6.92 Å². The lowest BCUT2D eigenvalue weighted by atomic mass is 10.2. The highest BCUT2D eigenvalue weighted by atomic mass is 28.4. The predicted molar refractivity (Wildman–Crippen MR) is 70.2 cm³/mol. The smallest absolute Gasteiger partial charge is 0.191 e. The first kappa shape index (κ1) is 16.1. The Morgan fingerprint density at radius 2 is 1.75 bits per heavy atom. The van der Waals surface area contributed by atoms with Gasteiger partial charge in [-0.15, -0.1) is 0 Å². The summed E-state index contributed by atoms with van der Waals surface area (Å²) in [6.07, 6.45) is 1.13. The van der Waals surface area contributed by atoms with Gasteiger partial charge in [0.25, 0.3) is 0 Å². The van der Waals surface area contributed by atoms with Gasteiger partial charge in [-0.3, -0.25) is 0 Å². The lowest BCUT2D eigenvalue weighted by molar-refractivity contribution is -0.0702. The molecule has 0 saturated heterocycles. The first-order valence-electron chi connectivity index (χ1n) is 5.95. The number of ether oxygens (including phenoxy) is 2. The Labute approximate surface area is 102 Å². The second kappa shape index (κ2) is 6.74. The lowest BCUT2D eigenvalue weighted by Crippen LogP contribution is -2.41. The molecule has 0 N–H and O–H groups in total. The summed E-state index contributed by atoms with van der Waals surface area (Å²) in [7, 11) is 0.0479. The number of rotatable bonds is 7. The van der Waals surface area contributed by atoms with Gasteiger partial charge < -0.3 is 13.9 Å². The Hall–Kier alpha value is 0.0969. The van der Waals surface area contributed by atoms with Crippen LogP contribution < -0.4 is 0 Å². The minimum absolute atomic E-state index is 0.199. The van der Waals surface area contributed by atoms with Crippen molar-refractivity contribution in [2.24, 2.45) is 0 Å². The standard InChI is InChI=1S/C12H28O3Si/c1-11(14-10-13-5)8-9-15-16(6,7)12(2,3)4/h11H,8-10H2,1-7H3. The first-order valence-corrected chi connectivity index (χ1v) is 8.86. The van der Waals surface area contributed by atoms with E-state index in [9.17, 15) is 0 Å². The van der Waals surface area contributed by atoms with Crippen LogP contribution >= 0.6 is 0 Å². The maximum atomic E-state index is 6.06. The first-order chi connectivity index (χ1) is 7.20. The molecule has 0 radical (unpaired) electrons. The molecular weight excluding hydrogens is 220 g/mol. The van der Waals surface area contributed by atoms with E-state index in [0.29, 0.717) is 6.79 Å². The Morgan fingerprint density at radius 3 is 2.19 bits per heavy atom. The summed E-state index contributed by atoms with van der Waals surface area (Å²) >= 11 is 0. The third-order valence-corrected chi connectivity index (χ3v) is 7.80. The van der Waals surface area contributed by atoms with Crippen molar-refractivity contribution in [2.75, 3.05) is 20.5 Å². The van der Waals surface area contributed by atoms with Crippen molar-refractivity contribution in [3.05, 3.63) is 0 Å². The number of methoxy groups -OCH3 is 1. The van der Waals surface area contributed by atoms with Crippen LogP contribution in [0.4, 0.5) is 0 Å². The van der Waals surface area contributed by atoms with Gasteiger partial charge in [0.05, 0.1) is 6.10 Å². The van der Waals surface area contributed by atoms with Gasteiger partial charge in [0.15, 0.2) is 8.32 Å². The lowest BCUT2D eigenvalue weighted by Gasteiger charge is -2.36. The molecule has 3 nitrogen and oxygen atoms in total. The third-order valence-electron chi connectivity index (χ3n) is 3.26. The van der Waals surface area contributed by atoms with Crippen LogP contribution in [0.1, 0.15) is 34.1 Å². The fourth-order valence-corrected chi connectivity index (χ4v) is 2.03. The van der Waals surface area contributed by atoms with Crippen molar-refractivity contribution in [3.8, 4) is 0 Å². The van der Waals surface area contributed by atoms with Crippen LogP contribution in [0.3, 0.4) is 0 Å². The van der Waals surface area contributed by atoms with Crippen molar-refractivity contribution in [3.63, 3.8) is 0 Å². The van der Waals surface area contributed by atoms with Gasteiger partial charge in [-0.05, 0) is 31.5 Å². The Morgan fingerprint density at radius 1 is 1.19 bits per heavy atom. The summed E-state index contributed by atoms with van der Waals surface area (Å²) in [6.45, 7) is 14.5. The molecule has 0 spiro atoms. The number of hydrogen-bond donors (Lipinski definition) is 0. The zero-order chi connectivity index (χ0) is 12.8. The molecule has 0 bridgehead atoms. The van der Waals surface area contributed by atoms with Crippen LogP contribution in [0.25, 0.3) is 0 Å². The largest absolute Gasteiger partial charge is 0.417 e. The predicted octanol–water partition coefficient (Wildman–Crippen LogP) is 3.41. The number of hydrogen-bond acceptors (Lipinski definition) is 3. The molecule has 0 aromatic carbocycles. The van der Waals surface area contributed by atoms with E-state index in [1.54, 1.807) is 7.11 Å². The summed E-state index contributed by atoms with van der Waals surface area (Å²) in [6, 6.07) is 0. The molecule has 0 aliphatic heterocycles. The Balaban J connectivity index is 3.81. The fourth-order valence-electron chi connectivity index (χ4n) is 0.964. The second-order valence-corrected chi connectivity index (χ2v) is 10.6. The maximum Gasteiger partial charge on any atom is 0.191 e. The summed E-state index contributed by atoms with van der Waals surface area (Å²) in [5.74, 6) is 0. The van der Waals surface area contributed by atoms with Crippen LogP contribution in [0.2, 0.25) is 18.1 Å². The van der Waals surface area contributed by atoms with Gasteiger partial charge in [-0.2, -0.15) is 0 Å². The minimum atomic E-state index is -1.59. The van der Waals surface area contributed by atoms with Gasteiger partial charge in [-0.1, -0.05) is 20.8 Å². The highest BCUT2D eigenvalue weighted by Gasteiger charge is 2.36. The van der Waals surface area contributed by atoms with Gasteiger partial charge in [0, 0.05) is 13.7 Å². The third kappa shape index (κ3) is 5.99. The van der Waals surface area contributed by atoms with E-state index in [-0.39, 0.29) is 11.1 Å². The Bertz CT molecular complexity index is 187. The van der Waals surface area contributed by atoms with Crippen LogP contribution in [0.15, 0.2) is 0 Å². The topological polar surface area (TPSA) is 27.7 Å². The average Bonchev–Trinajstić information content (AvgIpc) is 2.12. The molecule has 0 rings (SSSR count). The maximum absolute atomic E-state index is 6.06. The van der Waals surface area contributed by atoms with Gasteiger partial charge in [-0.25, -0.2) is 0 Å². The van der Waals surface area contributed by atoms with Gasteiger partial charge in [0.1, 0.15) is 6.79 Å². The molecule has 0 aromatic heterocycles. The van der Waals surface area contributed by atoms with Gasteiger partial charge in [0.2, 0.25) is 0 Å². The van der Waals surface area contributed by atoms with Crippen LogP contribution in [0.5, 0.6) is 0 Å². The van der Waals surface area contributed by atoms with E-state index >= 15 is 0 Å². The molecule has 0 aliphatic carbocycles. The normalized spacial score (nSPS) is 15.2. The molecule has 1 atom stereocenters. The molecule has 16 heavy (non-hydrogen) atoms. The quantitative estimate of drug-likeness (QED) is 0.510. The van der Waals surface area contributed by atoms with E-state index < -0.39 is 8.32 Å². The molecule has 98 valence electrons.